The lowest BCUT2D eigenvalue weighted by Crippen LogP contribution is -2.51. The molecule has 7 heteroatoms. The van der Waals surface area contributed by atoms with Crippen molar-refractivity contribution in [2.45, 2.75) is 39.8 Å². The first kappa shape index (κ1) is 22.2. The molecule has 0 bridgehead atoms. The molecule has 1 aliphatic rings. The monoisotopic (exact) mass is 389 g/mol. The number of hydrogen-bond acceptors (Lipinski definition) is 4. The molecule has 28 heavy (non-hydrogen) atoms. The molecule has 1 fully saturated rings. The number of guanidine groups is 1. The molecule has 0 saturated carbocycles. The molecule has 1 heterocycles. The Morgan fingerprint density at radius 3 is 2.68 bits per heavy atom. The van der Waals surface area contributed by atoms with Crippen LogP contribution in [0.15, 0.2) is 29.3 Å². The number of carbonyl (C=O) groups excluding carboxylic acids is 1. The van der Waals surface area contributed by atoms with E-state index in [-0.39, 0.29) is 0 Å². The van der Waals surface area contributed by atoms with Crippen LogP contribution in [0.25, 0.3) is 0 Å². The summed E-state index contributed by atoms with van der Waals surface area (Å²) in [7, 11) is 0. The number of amides is 1. The van der Waals surface area contributed by atoms with Gasteiger partial charge in [0.2, 0.25) is 5.91 Å². The Bertz CT molecular complexity index is 641. The van der Waals surface area contributed by atoms with Gasteiger partial charge in [0, 0.05) is 37.8 Å². The fraction of sp³-hybridized carbons (Fsp3) is 0.619. The Hall–Kier alpha value is -2.12. The van der Waals surface area contributed by atoms with Crippen LogP contribution in [0.2, 0.25) is 0 Å². The Balaban J connectivity index is 2.00. The maximum atomic E-state index is 11.4. The molecular weight excluding hydrogens is 354 g/mol. The molecule has 0 aromatic heterocycles. The Labute approximate surface area is 168 Å². The van der Waals surface area contributed by atoms with E-state index in [1.807, 2.05) is 12.1 Å². The van der Waals surface area contributed by atoms with Crippen LogP contribution in [0.3, 0.4) is 0 Å². The lowest BCUT2D eigenvalue weighted by Gasteiger charge is -2.35. The summed E-state index contributed by atoms with van der Waals surface area (Å²) in [6.07, 6.45) is 1.13. The van der Waals surface area contributed by atoms with Crippen LogP contribution in [-0.4, -0.2) is 62.2 Å². The van der Waals surface area contributed by atoms with Gasteiger partial charge in [-0.2, -0.15) is 0 Å². The molecule has 1 amide bonds. The first-order valence-corrected chi connectivity index (χ1v) is 10.2. The van der Waals surface area contributed by atoms with Crippen molar-refractivity contribution < 1.29 is 9.53 Å². The largest absolute Gasteiger partial charge is 0.379 e. The zero-order valence-electron chi connectivity index (χ0n) is 17.4. The summed E-state index contributed by atoms with van der Waals surface area (Å²) in [5.41, 5.74) is 6.83. The van der Waals surface area contributed by atoms with Gasteiger partial charge in [0.25, 0.3) is 0 Å². The number of nitrogens with zero attached hydrogens (tertiary/aromatic N) is 2. The van der Waals surface area contributed by atoms with Gasteiger partial charge < -0.3 is 21.1 Å². The van der Waals surface area contributed by atoms with Crippen molar-refractivity contribution in [2.24, 2.45) is 16.6 Å². The van der Waals surface area contributed by atoms with Crippen LogP contribution < -0.4 is 16.4 Å². The number of hydrogen-bond donors (Lipinski definition) is 3. The van der Waals surface area contributed by atoms with Gasteiger partial charge in [0.1, 0.15) is 0 Å². The summed E-state index contributed by atoms with van der Waals surface area (Å²) in [5.74, 6) is 0.998. The van der Waals surface area contributed by atoms with E-state index in [1.54, 1.807) is 12.1 Å². The average molecular weight is 390 g/mol. The third kappa shape index (κ3) is 7.48. The minimum absolute atomic E-state index is 0.419. The predicted octanol–water partition coefficient (Wildman–Crippen LogP) is 1.59. The van der Waals surface area contributed by atoms with E-state index in [0.717, 1.165) is 57.3 Å². The molecule has 1 aromatic rings. The topological polar surface area (TPSA) is 92.0 Å². The molecule has 2 rings (SSSR count). The molecule has 1 unspecified atom stereocenters. The third-order valence-electron chi connectivity index (χ3n) is 4.79. The summed E-state index contributed by atoms with van der Waals surface area (Å²) in [6.45, 7) is 12.3. The fourth-order valence-electron chi connectivity index (χ4n) is 3.40. The summed E-state index contributed by atoms with van der Waals surface area (Å²) in [4.78, 5) is 18.5. The number of rotatable bonds is 9. The van der Waals surface area contributed by atoms with E-state index in [2.05, 4.69) is 41.3 Å². The van der Waals surface area contributed by atoms with Crippen LogP contribution in [0.4, 0.5) is 0 Å². The van der Waals surface area contributed by atoms with E-state index < -0.39 is 5.91 Å². The molecule has 1 saturated heterocycles. The van der Waals surface area contributed by atoms with Gasteiger partial charge in [0.05, 0.1) is 19.8 Å². The Morgan fingerprint density at radius 1 is 1.29 bits per heavy atom. The standard InChI is InChI=1S/C21H35N5O2/c1-4-23-21(24-14-17-6-5-7-18(13-17)20(22)27)25-15-19(12-16(2)3)26-8-10-28-11-9-26/h5-7,13,16,19H,4,8-12,14-15H2,1-3H3,(H2,22,27)(H2,23,24,25). The molecule has 156 valence electrons. The lowest BCUT2D eigenvalue weighted by molar-refractivity contribution is 0.0132. The average Bonchev–Trinajstić information content (AvgIpc) is 2.69. The van der Waals surface area contributed by atoms with E-state index in [1.165, 1.54) is 0 Å². The molecule has 1 aromatic carbocycles. The van der Waals surface area contributed by atoms with Crippen LogP contribution in [0, 0.1) is 5.92 Å². The van der Waals surface area contributed by atoms with Gasteiger partial charge in [-0.15, -0.1) is 0 Å². The molecule has 4 N–H and O–H groups in total. The highest BCUT2D eigenvalue weighted by molar-refractivity contribution is 5.92. The number of ether oxygens (including phenoxy) is 1. The highest BCUT2D eigenvalue weighted by atomic mass is 16.5. The maximum Gasteiger partial charge on any atom is 0.248 e. The molecule has 1 atom stereocenters. The molecule has 0 radical (unpaired) electrons. The van der Waals surface area contributed by atoms with Gasteiger partial charge in [-0.1, -0.05) is 26.0 Å². The lowest BCUT2D eigenvalue weighted by atomic mass is 10.0. The van der Waals surface area contributed by atoms with E-state index in [0.29, 0.717) is 24.1 Å². The molecule has 7 nitrogen and oxygen atoms in total. The summed E-state index contributed by atoms with van der Waals surface area (Å²) >= 11 is 0. The minimum atomic E-state index is -0.419. The van der Waals surface area contributed by atoms with Crippen molar-refractivity contribution in [3.8, 4) is 0 Å². The van der Waals surface area contributed by atoms with Crippen molar-refractivity contribution in [1.29, 1.82) is 0 Å². The number of nitrogens with one attached hydrogen (secondary N) is 2. The van der Waals surface area contributed by atoms with Crippen molar-refractivity contribution in [1.82, 2.24) is 15.5 Å². The Morgan fingerprint density at radius 2 is 2.04 bits per heavy atom. The van der Waals surface area contributed by atoms with E-state index in [9.17, 15) is 4.79 Å². The van der Waals surface area contributed by atoms with Gasteiger partial charge in [-0.25, -0.2) is 4.99 Å². The first-order valence-electron chi connectivity index (χ1n) is 10.2. The van der Waals surface area contributed by atoms with Crippen LogP contribution in [0.5, 0.6) is 0 Å². The number of aliphatic imine (C=N–C) groups is 1. The van der Waals surface area contributed by atoms with Gasteiger partial charge in [0.15, 0.2) is 5.96 Å². The van der Waals surface area contributed by atoms with E-state index >= 15 is 0 Å². The predicted molar refractivity (Wildman–Crippen MR) is 113 cm³/mol. The normalized spacial score (nSPS) is 16.8. The number of morpholine rings is 1. The number of nitrogens with two attached hydrogens (primary N) is 1. The molecular formula is C21H35N5O2. The highest BCUT2D eigenvalue weighted by Gasteiger charge is 2.22. The third-order valence-corrected chi connectivity index (χ3v) is 4.79. The zero-order chi connectivity index (χ0) is 20.4. The summed E-state index contributed by atoms with van der Waals surface area (Å²) in [6, 6.07) is 7.76. The summed E-state index contributed by atoms with van der Waals surface area (Å²) < 4.78 is 5.50. The second-order valence-corrected chi connectivity index (χ2v) is 7.57. The minimum Gasteiger partial charge on any atom is -0.379 e. The fourth-order valence-corrected chi connectivity index (χ4v) is 3.40. The molecule has 0 spiro atoms. The van der Waals surface area contributed by atoms with Crippen LogP contribution in [0.1, 0.15) is 43.1 Å². The maximum absolute atomic E-state index is 11.4. The van der Waals surface area contributed by atoms with Gasteiger partial charge in [-0.05, 0) is 37.0 Å². The molecule has 0 aliphatic carbocycles. The van der Waals surface area contributed by atoms with Crippen LogP contribution >= 0.6 is 0 Å². The van der Waals surface area contributed by atoms with Gasteiger partial charge in [-0.3, -0.25) is 9.69 Å². The number of benzene rings is 1. The van der Waals surface area contributed by atoms with E-state index in [4.69, 9.17) is 10.5 Å². The highest BCUT2D eigenvalue weighted by Crippen LogP contribution is 2.13. The second-order valence-electron chi connectivity index (χ2n) is 7.57. The van der Waals surface area contributed by atoms with Crippen molar-refractivity contribution in [3.05, 3.63) is 35.4 Å². The Kier molecular flexibility index (Phi) is 9.23. The molecule has 1 aliphatic heterocycles. The first-order chi connectivity index (χ1) is 13.5. The second kappa shape index (κ2) is 11.7. The quantitative estimate of drug-likeness (QED) is 0.441. The van der Waals surface area contributed by atoms with Crippen LogP contribution in [-0.2, 0) is 11.3 Å². The summed E-state index contributed by atoms with van der Waals surface area (Å²) in [5, 5.41) is 6.80. The smallest absolute Gasteiger partial charge is 0.248 e. The van der Waals surface area contributed by atoms with Crippen molar-refractivity contribution in [3.63, 3.8) is 0 Å². The number of carbonyl (C=O) groups is 1. The van der Waals surface area contributed by atoms with Crippen molar-refractivity contribution in [2.75, 3.05) is 39.4 Å². The number of primary amides is 1. The van der Waals surface area contributed by atoms with Gasteiger partial charge >= 0.3 is 0 Å². The zero-order valence-corrected chi connectivity index (χ0v) is 17.4. The van der Waals surface area contributed by atoms with Crippen molar-refractivity contribution >= 4 is 11.9 Å². The SMILES string of the molecule is CCNC(=NCc1cccc(C(N)=O)c1)NCC(CC(C)C)N1CCOCC1.